The fourth-order valence-corrected chi connectivity index (χ4v) is 4.37. The number of methoxy groups -OCH3 is 1. The molecule has 0 spiro atoms. The largest absolute Gasteiger partial charge is 0.493 e. The van der Waals surface area contributed by atoms with Gasteiger partial charge in [-0.15, -0.1) is 0 Å². The molecule has 1 unspecified atom stereocenters. The van der Waals surface area contributed by atoms with Gasteiger partial charge in [0.1, 0.15) is 18.7 Å². The van der Waals surface area contributed by atoms with E-state index in [9.17, 15) is 19.5 Å². The molecule has 0 saturated heterocycles. The van der Waals surface area contributed by atoms with Crippen LogP contribution < -0.4 is 14.8 Å². The van der Waals surface area contributed by atoms with E-state index in [0.717, 1.165) is 5.56 Å². The van der Waals surface area contributed by atoms with Crippen molar-refractivity contribution < 1.29 is 29.0 Å². The van der Waals surface area contributed by atoms with Gasteiger partial charge < -0.3 is 24.8 Å². The van der Waals surface area contributed by atoms with Crippen molar-refractivity contribution in [3.8, 4) is 11.5 Å². The first-order chi connectivity index (χ1) is 16.2. The number of amides is 2. The molecular weight excluding hydrogens is 436 g/mol. The number of carbonyl (C=O) groups excluding carboxylic acids is 2. The lowest BCUT2D eigenvalue weighted by Gasteiger charge is -2.37. The van der Waals surface area contributed by atoms with Gasteiger partial charge in [-0.05, 0) is 24.0 Å². The van der Waals surface area contributed by atoms with E-state index >= 15 is 0 Å². The first kappa shape index (κ1) is 25.1. The molecule has 182 valence electrons. The number of carboxylic acids is 1. The number of para-hydroxylation sites is 1. The Kier molecular flexibility index (Phi) is 8.15. The normalized spacial score (nSPS) is 16.2. The van der Waals surface area contributed by atoms with Crippen LogP contribution in [0.5, 0.6) is 11.5 Å². The smallest absolute Gasteiger partial charge is 0.326 e. The van der Waals surface area contributed by atoms with Crippen LogP contribution in [0.15, 0.2) is 48.5 Å². The van der Waals surface area contributed by atoms with Crippen molar-refractivity contribution >= 4 is 17.8 Å². The van der Waals surface area contributed by atoms with Crippen molar-refractivity contribution in [3.05, 3.63) is 59.7 Å². The number of nitrogens with zero attached hydrogens (tertiary/aromatic N) is 1. The molecule has 3 atom stereocenters. The van der Waals surface area contributed by atoms with Crippen LogP contribution in [0, 0.1) is 5.92 Å². The lowest BCUT2D eigenvalue weighted by atomic mass is 9.96. The van der Waals surface area contributed by atoms with Gasteiger partial charge in [-0.2, -0.15) is 0 Å². The molecule has 0 saturated carbocycles. The summed E-state index contributed by atoms with van der Waals surface area (Å²) in [6, 6.07) is 12.0. The van der Waals surface area contributed by atoms with Gasteiger partial charge in [0.05, 0.1) is 13.2 Å². The second kappa shape index (κ2) is 11.0. The van der Waals surface area contributed by atoms with Gasteiger partial charge >= 0.3 is 5.97 Å². The van der Waals surface area contributed by atoms with Crippen LogP contribution in [-0.2, 0) is 20.8 Å². The topological polar surface area (TPSA) is 105 Å². The quantitative estimate of drug-likeness (QED) is 0.555. The number of benzene rings is 2. The number of rotatable bonds is 10. The second-order valence-corrected chi connectivity index (χ2v) is 8.88. The zero-order valence-electron chi connectivity index (χ0n) is 20.0. The first-order valence-electron chi connectivity index (χ1n) is 11.4. The molecule has 0 fully saturated rings. The molecule has 1 aliphatic rings. The Balaban J connectivity index is 2.06. The van der Waals surface area contributed by atoms with Crippen LogP contribution in [0.2, 0.25) is 0 Å². The van der Waals surface area contributed by atoms with Crippen molar-refractivity contribution in [2.45, 2.75) is 51.7 Å². The van der Waals surface area contributed by atoms with Crippen molar-refractivity contribution in [2.24, 2.45) is 5.92 Å². The van der Waals surface area contributed by atoms with Crippen LogP contribution in [-0.4, -0.2) is 53.6 Å². The summed E-state index contributed by atoms with van der Waals surface area (Å²) < 4.78 is 11.3. The Morgan fingerprint density at radius 3 is 2.44 bits per heavy atom. The zero-order valence-corrected chi connectivity index (χ0v) is 20.0. The number of hydrogen-bond donors (Lipinski definition) is 2. The van der Waals surface area contributed by atoms with Crippen LogP contribution in [0.25, 0.3) is 0 Å². The minimum Gasteiger partial charge on any atom is -0.493 e. The van der Waals surface area contributed by atoms with Crippen molar-refractivity contribution in [1.82, 2.24) is 10.2 Å². The first-order valence-corrected chi connectivity index (χ1v) is 11.4. The molecule has 8 nitrogen and oxygen atoms in total. The number of fused-ring (bicyclic) bond motifs is 1. The molecule has 2 amide bonds. The lowest BCUT2D eigenvalue weighted by Crippen LogP contribution is -2.56. The maximum Gasteiger partial charge on any atom is 0.326 e. The number of nitrogens with one attached hydrogen (secondary N) is 1. The maximum absolute atomic E-state index is 14.0. The Bertz CT molecular complexity index is 1020. The van der Waals surface area contributed by atoms with Gasteiger partial charge in [0.15, 0.2) is 11.5 Å². The predicted octanol–water partition coefficient (Wildman–Crippen LogP) is 3.20. The van der Waals surface area contributed by atoms with E-state index in [1.54, 1.807) is 12.1 Å². The van der Waals surface area contributed by atoms with Gasteiger partial charge in [0.25, 0.3) is 0 Å². The third kappa shape index (κ3) is 5.68. The van der Waals surface area contributed by atoms with Crippen LogP contribution in [0.3, 0.4) is 0 Å². The van der Waals surface area contributed by atoms with E-state index in [0.29, 0.717) is 17.1 Å². The van der Waals surface area contributed by atoms with Gasteiger partial charge in [-0.1, -0.05) is 56.3 Å². The summed E-state index contributed by atoms with van der Waals surface area (Å²) in [6.07, 6.45) is 0.497. The molecule has 1 aliphatic heterocycles. The zero-order chi connectivity index (χ0) is 24.8. The Morgan fingerprint density at radius 2 is 1.85 bits per heavy atom. The average molecular weight is 469 g/mol. The van der Waals surface area contributed by atoms with E-state index in [2.05, 4.69) is 5.32 Å². The third-order valence-corrected chi connectivity index (χ3v) is 5.84. The summed E-state index contributed by atoms with van der Waals surface area (Å²) in [7, 11) is 1.53. The van der Waals surface area contributed by atoms with E-state index < -0.39 is 30.0 Å². The summed E-state index contributed by atoms with van der Waals surface area (Å²) in [4.78, 5) is 39.9. The standard InChI is InChI=1S/C26H32N2O6/c1-16(2)13-21(26(31)32)28(22-15-34-24-19(22)11-8-12-23(24)33-4)25(30)20(27-17(3)29)14-18-9-6-5-7-10-18/h5-12,16,20-22H,13-15H2,1-4H3,(H,27,29)(H,31,32)/t20?,21-,22+/m0/s1. The van der Waals surface area contributed by atoms with Crippen LogP contribution in [0.1, 0.15) is 44.4 Å². The highest BCUT2D eigenvalue weighted by Crippen LogP contribution is 2.43. The van der Waals surface area contributed by atoms with Crippen molar-refractivity contribution in [1.29, 1.82) is 0 Å². The number of carboxylic acid groups (broad SMARTS) is 1. The van der Waals surface area contributed by atoms with Crippen molar-refractivity contribution in [2.75, 3.05) is 13.7 Å². The van der Waals surface area contributed by atoms with Gasteiger partial charge in [-0.3, -0.25) is 9.59 Å². The van der Waals surface area contributed by atoms with E-state index in [4.69, 9.17) is 9.47 Å². The average Bonchev–Trinajstić information content (AvgIpc) is 3.22. The molecule has 1 heterocycles. The van der Waals surface area contributed by atoms with E-state index in [1.165, 1.54) is 18.9 Å². The Labute approximate surface area is 199 Å². The van der Waals surface area contributed by atoms with Crippen molar-refractivity contribution in [3.63, 3.8) is 0 Å². The number of ether oxygens (including phenoxy) is 2. The molecule has 3 rings (SSSR count). The van der Waals surface area contributed by atoms with Crippen LogP contribution in [0.4, 0.5) is 0 Å². The summed E-state index contributed by atoms with van der Waals surface area (Å²) in [6.45, 7) is 5.27. The predicted molar refractivity (Wildman–Crippen MR) is 127 cm³/mol. The highest BCUT2D eigenvalue weighted by atomic mass is 16.5. The molecule has 2 aromatic rings. The summed E-state index contributed by atoms with van der Waals surface area (Å²) in [5.41, 5.74) is 1.54. The fourth-order valence-electron chi connectivity index (χ4n) is 4.37. The third-order valence-electron chi connectivity index (χ3n) is 5.84. The highest BCUT2D eigenvalue weighted by molar-refractivity contribution is 5.91. The summed E-state index contributed by atoms with van der Waals surface area (Å²) in [5, 5.41) is 12.9. The molecule has 8 heteroatoms. The van der Waals surface area contributed by atoms with Gasteiger partial charge in [0.2, 0.25) is 11.8 Å². The molecule has 34 heavy (non-hydrogen) atoms. The minimum absolute atomic E-state index is 0.0249. The maximum atomic E-state index is 14.0. The fraction of sp³-hybridized carbons (Fsp3) is 0.423. The molecule has 0 bridgehead atoms. The number of hydrogen-bond acceptors (Lipinski definition) is 5. The summed E-state index contributed by atoms with van der Waals surface area (Å²) >= 11 is 0. The SMILES string of the molecule is COc1cccc2c1OC[C@H]2N(C(=O)C(Cc1ccccc1)NC(C)=O)[C@@H](CC(C)C)C(=O)O. The number of carbonyl (C=O) groups is 3. The van der Waals surface area contributed by atoms with Gasteiger partial charge in [0, 0.05) is 18.9 Å². The van der Waals surface area contributed by atoms with E-state index in [1.807, 2.05) is 50.2 Å². The highest BCUT2D eigenvalue weighted by Gasteiger charge is 2.43. The molecule has 0 radical (unpaired) electrons. The van der Waals surface area contributed by atoms with Gasteiger partial charge in [-0.25, -0.2) is 4.79 Å². The van der Waals surface area contributed by atoms with Crippen LogP contribution >= 0.6 is 0 Å². The summed E-state index contributed by atoms with van der Waals surface area (Å²) in [5.74, 6) is -0.881. The monoisotopic (exact) mass is 468 g/mol. The molecule has 0 aliphatic carbocycles. The molecule has 0 aromatic heterocycles. The Morgan fingerprint density at radius 1 is 1.15 bits per heavy atom. The molecule has 2 aromatic carbocycles. The Hall–Kier alpha value is -3.55. The van der Waals surface area contributed by atoms with E-state index in [-0.39, 0.29) is 31.3 Å². The molecule has 2 N–H and O–H groups in total. The molecular formula is C26H32N2O6. The second-order valence-electron chi connectivity index (χ2n) is 8.88. The lowest BCUT2D eigenvalue weighted by molar-refractivity contribution is -0.155. The number of aliphatic carboxylic acids is 1. The minimum atomic E-state index is -1.10.